The minimum absolute atomic E-state index is 0.00474. The molecule has 9 atom stereocenters. The molecule has 0 spiro atoms. The van der Waals surface area contributed by atoms with Gasteiger partial charge in [-0.15, -0.1) is 0 Å². The molecule has 4 aliphatic carbocycles. The van der Waals surface area contributed by atoms with Gasteiger partial charge in [-0.1, -0.05) is 41.5 Å². The van der Waals surface area contributed by atoms with Crippen molar-refractivity contribution in [1.82, 2.24) is 0 Å². The Labute approximate surface area is 180 Å². The number of fused-ring (bicyclic) bond motifs is 4. The second kappa shape index (κ2) is 6.63. The highest BCUT2D eigenvalue weighted by atomic mass is 16.3. The fourth-order valence-corrected chi connectivity index (χ4v) is 8.50. The van der Waals surface area contributed by atoms with Gasteiger partial charge in [0.25, 0.3) is 0 Å². The predicted octanol–water partition coefficient (Wildman–Crippen LogP) is 2.85. The van der Waals surface area contributed by atoms with E-state index in [1.807, 2.05) is 13.8 Å². The maximum Gasteiger partial charge on any atom is 0.160 e. The zero-order valence-corrected chi connectivity index (χ0v) is 19.4. The molecule has 0 bridgehead atoms. The van der Waals surface area contributed by atoms with E-state index in [1.165, 1.54) is 0 Å². The van der Waals surface area contributed by atoms with Gasteiger partial charge >= 0.3 is 0 Å². The number of allylic oxidation sites excluding steroid dienone is 1. The van der Waals surface area contributed by atoms with Crippen molar-refractivity contribution >= 4 is 5.78 Å². The van der Waals surface area contributed by atoms with Gasteiger partial charge < -0.3 is 20.4 Å². The van der Waals surface area contributed by atoms with Crippen molar-refractivity contribution < 1.29 is 25.2 Å². The summed E-state index contributed by atoms with van der Waals surface area (Å²) in [5, 5.41) is 43.4. The summed E-state index contributed by atoms with van der Waals surface area (Å²) in [6, 6.07) is 0. The first-order chi connectivity index (χ1) is 13.8. The third-order valence-corrected chi connectivity index (χ3v) is 10.6. The molecule has 0 saturated heterocycles. The van der Waals surface area contributed by atoms with E-state index in [2.05, 4.69) is 27.7 Å². The van der Waals surface area contributed by atoms with E-state index in [9.17, 15) is 25.2 Å². The van der Waals surface area contributed by atoms with Gasteiger partial charge in [0.05, 0.1) is 18.3 Å². The summed E-state index contributed by atoms with van der Waals surface area (Å²) < 4.78 is 0. The van der Waals surface area contributed by atoms with Crippen molar-refractivity contribution in [2.24, 2.45) is 39.4 Å². The molecule has 0 amide bonds. The molecular formula is C25H40O5. The number of Topliss-reactive ketones (excluding diaryl/α,β-unsaturated/α-hetero) is 1. The van der Waals surface area contributed by atoms with Crippen molar-refractivity contribution in [2.75, 3.05) is 6.61 Å². The molecule has 5 heteroatoms. The Bertz CT molecular complexity index is 786. The quantitative estimate of drug-likeness (QED) is 0.551. The van der Waals surface area contributed by atoms with E-state index in [0.29, 0.717) is 25.7 Å². The predicted molar refractivity (Wildman–Crippen MR) is 114 cm³/mol. The Kier molecular flexibility index (Phi) is 4.96. The van der Waals surface area contributed by atoms with Gasteiger partial charge in [0.15, 0.2) is 5.78 Å². The fourth-order valence-electron chi connectivity index (χ4n) is 8.50. The van der Waals surface area contributed by atoms with Gasteiger partial charge in [0.1, 0.15) is 0 Å². The lowest BCUT2D eigenvalue weighted by Crippen LogP contribution is -2.61. The topological polar surface area (TPSA) is 98.0 Å². The van der Waals surface area contributed by atoms with Crippen molar-refractivity contribution in [3.8, 4) is 0 Å². The Morgan fingerprint density at radius 3 is 2.27 bits per heavy atom. The number of aliphatic hydroxyl groups excluding tert-OH is 4. The zero-order chi connectivity index (χ0) is 22.4. The number of aliphatic hydroxyl groups is 4. The van der Waals surface area contributed by atoms with Crippen molar-refractivity contribution in [3.05, 3.63) is 11.1 Å². The number of rotatable bonds is 2. The highest BCUT2D eigenvalue weighted by Crippen LogP contribution is 2.71. The van der Waals surface area contributed by atoms with Crippen LogP contribution in [0.1, 0.15) is 73.6 Å². The van der Waals surface area contributed by atoms with E-state index >= 15 is 0 Å². The molecule has 0 unspecified atom stereocenters. The molecule has 0 aromatic rings. The first-order valence-corrected chi connectivity index (χ1v) is 11.7. The SMILES string of the molecule is C[C@H](CO)[C@H]1C[C@H](O)[C@@]2(C)C3=C(C(=O)C[C@]12C)[C@@]1(C)CC[C@H](O)C(C)(C)[C@@H]1C[C@@H]3O. The van der Waals surface area contributed by atoms with Crippen LogP contribution in [0.25, 0.3) is 0 Å². The number of hydrogen-bond donors (Lipinski definition) is 4. The molecule has 0 aromatic carbocycles. The van der Waals surface area contributed by atoms with Crippen LogP contribution < -0.4 is 0 Å². The van der Waals surface area contributed by atoms with Gasteiger partial charge in [-0.05, 0) is 65.3 Å². The lowest BCUT2D eigenvalue weighted by molar-refractivity contribution is -0.140. The van der Waals surface area contributed by atoms with Crippen LogP contribution in [-0.4, -0.2) is 51.1 Å². The second-order valence-electron chi connectivity index (χ2n) is 12.1. The third kappa shape index (κ3) is 2.47. The molecule has 170 valence electrons. The van der Waals surface area contributed by atoms with Crippen LogP contribution in [0.3, 0.4) is 0 Å². The largest absolute Gasteiger partial charge is 0.396 e. The minimum atomic E-state index is -0.797. The van der Waals surface area contributed by atoms with Crippen molar-refractivity contribution in [1.29, 1.82) is 0 Å². The van der Waals surface area contributed by atoms with Crippen LogP contribution in [0.15, 0.2) is 11.1 Å². The number of hydrogen-bond acceptors (Lipinski definition) is 5. The molecule has 0 heterocycles. The molecule has 2 fully saturated rings. The van der Waals surface area contributed by atoms with Crippen molar-refractivity contribution in [2.45, 2.75) is 92.0 Å². The summed E-state index contributed by atoms with van der Waals surface area (Å²) >= 11 is 0. The summed E-state index contributed by atoms with van der Waals surface area (Å²) in [5.41, 5.74) is -0.499. The second-order valence-corrected chi connectivity index (χ2v) is 12.1. The molecule has 5 nitrogen and oxygen atoms in total. The highest BCUT2D eigenvalue weighted by Gasteiger charge is 2.69. The van der Waals surface area contributed by atoms with Gasteiger partial charge in [-0.3, -0.25) is 4.79 Å². The van der Waals surface area contributed by atoms with Crippen LogP contribution in [0.5, 0.6) is 0 Å². The van der Waals surface area contributed by atoms with E-state index in [-0.39, 0.29) is 30.1 Å². The molecule has 0 radical (unpaired) electrons. The monoisotopic (exact) mass is 420 g/mol. The normalized spacial score (nSPS) is 51.3. The van der Waals surface area contributed by atoms with Gasteiger partial charge in [0, 0.05) is 24.0 Å². The maximum absolute atomic E-state index is 13.8. The Balaban J connectivity index is 1.93. The molecule has 0 aliphatic heterocycles. The smallest absolute Gasteiger partial charge is 0.160 e. The molecular weight excluding hydrogens is 380 g/mol. The Morgan fingerprint density at radius 1 is 1.03 bits per heavy atom. The highest BCUT2D eigenvalue weighted by molar-refractivity contribution is 6.00. The van der Waals surface area contributed by atoms with E-state index in [4.69, 9.17) is 0 Å². The molecule has 30 heavy (non-hydrogen) atoms. The first kappa shape index (κ1) is 22.4. The Hall–Kier alpha value is -0.750. The van der Waals surface area contributed by atoms with Gasteiger partial charge in [-0.25, -0.2) is 0 Å². The third-order valence-electron chi connectivity index (χ3n) is 10.6. The van der Waals surface area contributed by atoms with E-state index < -0.39 is 40.0 Å². The van der Waals surface area contributed by atoms with Crippen LogP contribution in [-0.2, 0) is 4.79 Å². The molecule has 4 rings (SSSR count). The molecule has 2 saturated carbocycles. The Morgan fingerprint density at radius 2 is 1.67 bits per heavy atom. The summed E-state index contributed by atoms with van der Waals surface area (Å²) in [5.74, 6) is 0.0925. The van der Waals surface area contributed by atoms with Gasteiger partial charge in [-0.2, -0.15) is 0 Å². The standard InChI is InChI=1S/C25H40O5/c1-13(12-26)14-9-19(30)25(6)21-15(27)10-17-22(2,3)18(29)7-8-23(17,4)20(21)16(28)11-24(14,25)5/h13-15,17-19,26-27,29-30H,7-12H2,1-6H3/t13-,14-,15+,17+,18+,19+,23+,24-,25+/m1/s1. The molecule has 4 N–H and O–H groups in total. The van der Waals surface area contributed by atoms with Gasteiger partial charge in [0.2, 0.25) is 0 Å². The average Bonchev–Trinajstić information content (AvgIpc) is 2.87. The molecule has 4 aliphatic rings. The number of ketones is 1. The minimum Gasteiger partial charge on any atom is -0.396 e. The fraction of sp³-hybridized carbons (Fsp3) is 0.880. The van der Waals surface area contributed by atoms with Crippen LogP contribution in [0.2, 0.25) is 0 Å². The summed E-state index contributed by atoms with van der Waals surface area (Å²) in [7, 11) is 0. The van der Waals surface area contributed by atoms with E-state index in [1.54, 1.807) is 0 Å². The zero-order valence-electron chi connectivity index (χ0n) is 19.4. The van der Waals surface area contributed by atoms with E-state index in [0.717, 1.165) is 17.6 Å². The average molecular weight is 421 g/mol. The van der Waals surface area contributed by atoms with Crippen LogP contribution >= 0.6 is 0 Å². The van der Waals surface area contributed by atoms with Crippen molar-refractivity contribution in [3.63, 3.8) is 0 Å². The number of carbonyl (C=O) groups excluding carboxylic acids is 1. The van der Waals surface area contributed by atoms with Crippen LogP contribution in [0.4, 0.5) is 0 Å². The number of carbonyl (C=O) groups is 1. The maximum atomic E-state index is 13.8. The molecule has 0 aromatic heterocycles. The first-order valence-electron chi connectivity index (χ1n) is 11.7. The lowest BCUT2D eigenvalue weighted by Gasteiger charge is -2.62. The lowest BCUT2D eigenvalue weighted by atomic mass is 9.42. The van der Waals surface area contributed by atoms with Crippen LogP contribution in [0, 0.1) is 39.4 Å². The summed E-state index contributed by atoms with van der Waals surface area (Å²) in [6.07, 6.45) is 0.842. The summed E-state index contributed by atoms with van der Waals surface area (Å²) in [6.45, 7) is 12.4. The summed E-state index contributed by atoms with van der Waals surface area (Å²) in [4.78, 5) is 13.8.